The van der Waals surface area contributed by atoms with Crippen molar-refractivity contribution in [2.24, 2.45) is 5.92 Å². The number of amides is 1. The van der Waals surface area contributed by atoms with Crippen LogP contribution in [0.4, 0.5) is 0 Å². The summed E-state index contributed by atoms with van der Waals surface area (Å²) < 4.78 is 0.678. The predicted octanol–water partition coefficient (Wildman–Crippen LogP) is 3.32. The van der Waals surface area contributed by atoms with Gasteiger partial charge in [-0.25, -0.2) is 4.79 Å². The number of aliphatic hydroxyl groups is 1. The molecule has 0 radical (unpaired) electrons. The zero-order chi connectivity index (χ0) is 18.7. The lowest BCUT2D eigenvalue weighted by Gasteiger charge is -2.56. The highest BCUT2D eigenvalue weighted by Crippen LogP contribution is 2.58. The van der Waals surface area contributed by atoms with Gasteiger partial charge in [0.25, 0.3) is 0 Å². The number of carboxylic acid groups (broad SMARTS) is 1. The fourth-order valence-electron chi connectivity index (χ4n) is 3.18. The van der Waals surface area contributed by atoms with E-state index in [1.54, 1.807) is 6.92 Å². The maximum absolute atomic E-state index is 12.8. The minimum absolute atomic E-state index is 0.0788. The van der Waals surface area contributed by atoms with Crippen molar-refractivity contribution in [1.82, 2.24) is 4.90 Å². The molecule has 2 heterocycles. The van der Waals surface area contributed by atoms with Crippen LogP contribution < -0.4 is 0 Å². The summed E-state index contributed by atoms with van der Waals surface area (Å²) in [4.78, 5) is 25.8. The van der Waals surface area contributed by atoms with E-state index in [0.29, 0.717) is 4.24 Å². The van der Waals surface area contributed by atoms with Gasteiger partial charge in [-0.2, -0.15) is 0 Å². The summed E-state index contributed by atoms with van der Waals surface area (Å²) in [6, 6.07) is 0. The molecule has 2 rings (SSSR count). The Labute approximate surface area is 153 Å². The molecule has 5 nitrogen and oxygen atoms in total. The Morgan fingerprint density at radius 3 is 2.29 bits per heavy atom. The number of nitrogens with zero attached hydrogens (tertiary/aromatic N) is 1. The van der Waals surface area contributed by atoms with Crippen LogP contribution >= 0.6 is 23.5 Å². The van der Waals surface area contributed by atoms with Gasteiger partial charge in [0.05, 0.1) is 23.5 Å². The fourth-order valence-corrected chi connectivity index (χ4v) is 8.73. The van der Waals surface area contributed by atoms with E-state index in [0.717, 1.165) is 5.75 Å². The standard InChI is InChI=1S/C16H27NO4S2Si/c1-8-22-14-10(13(19)20)17-11(18)9(12(17)23-14)16(5,21)24(6,7)15(2,3)4/h9,12,21H,8H2,1-7H3,(H,19,20)/t9-,12-,16-/m1/s1. The number of carbonyl (C=O) groups is 2. The molecular formula is C16H27NO4S2Si. The van der Waals surface area contributed by atoms with Crippen LogP contribution in [0.15, 0.2) is 9.93 Å². The third kappa shape index (κ3) is 2.66. The molecule has 2 N–H and O–H groups in total. The highest BCUT2D eigenvalue weighted by atomic mass is 32.2. The molecule has 0 aliphatic carbocycles. The van der Waals surface area contributed by atoms with Gasteiger partial charge in [0.15, 0.2) is 5.70 Å². The van der Waals surface area contributed by atoms with Crippen molar-refractivity contribution in [2.45, 2.75) is 63.3 Å². The third-order valence-corrected chi connectivity index (χ3v) is 15.0. The number of aliphatic carboxylic acids is 1. The van der Waals surface area contributed by atoms with Crippen molar-refractivity contribution in [3.8, 4) is 0 Å². The number of hydrogen-bond acceptors (Lipinski definition) is 5. The first-order valence-electron chi connectivity index (χ1n) is 8.11. The Balaban J connectivity index is 2.37. The molecule has 0 saturated carbocycles. The quantitative estimate of drug-likeness (QED) is 0.555. The molecule has 1 fully saturated rings. The highest BCUT2D eigenvalue weighted by Gasteiger charge is 2.67. The molecule has 136 valence electrons. The Kier molecular flexibility index (Phi) is 5.03. The number of β-lactam (4-membered cyclic amide) rings is 1. The SMILES string of the molecule is CCSC1=C(C(=O)O)N2C(=O)[C@@H]([C@](C)(O)[Si](C)(C)C(C)(C)C)[C@H]2S1. The number of fused-ring (bicyclic) bond motifs is 1. The zero-order valence-corrected chi connectivity index (χ0v) is 18.0. The van der Waals surface area contributed by atoms with Gasteiger partial charge >= 0.3 is 5.97 Å². The topological polar surface area (TPSA) is 77.8 Å². The van der Waals surface area contributed by atoms with Crippen molar-refractivity contribution >= 4 is 43.5 Å². The second-order valence-electron chi connectivity index (χ2n) is 8.09. The molecule has 0 aromatic heterocycles. The third-order valence-electron chi connectivity index (χ3n) is 5.93. The van der Waals surface area contributed by atoms with Crippen LogP contribution in [-0.2, 0) is 9.59 Å². The number of rotatable bonds is 5. The number of hydrogen-bond donors (Lipinski definition) is 2. The van der Waals surface area contributed by atoms with E-state index in [-0.39, 0.29) is 22.0 Å². The van der Waals surface area contributed by atoms with Gasteiger partial charge in [-0.1, -0.05) is 52.6 Å². The first kappa shape index (κ1) is 19.9. The molecule has 0 bridgehead atoms. The van der Waals surface area contributed by atoms with E-state index in [1.165, 1.54) is 28.4 Å². The van der Waals surface area contributed by atoms with Crippen LogP contribution in [-0.4, -0.2) is 51.4 Å². The van der Waals surface area contributed by atoms with E-state index in [2.05, 4.69) is 33.9 Å². The van der Waals surface area contributed by atoms with Gasteiger partial charge in [0.1, 0.15) is 5.37 Å². The maximum atomic E-state index is 12.8. The average Bonchev–Trinajstić information content (AvgIpc) is 2.72. The summed E-state index contributed by atoms with van der Waals surface area (Å²) in [6.45, 7) is 14.3. The van der Waals surface area contributed by atoms with Gasteiger partial charge in [-0.05, 0) is 17.7 Å². The first-order chi connectivity index (χ1) is 10.8. The molecule has 3 atom stereocenters. The molecule has 0 aromatic rings. The Morgan fingerprint density at radius 1 is 1.33 bits per heavy atom. The maximum Gasteiger partial charge on any atom is 0.354 e. The minimum Gasteiger partial charge on any atom is -0.477 e. The molecule has 0 aromatic carbocycles. The summed E-state index contributed by atoms with van der Waals surface area (Å²) in [6.07, 6.45) is 0. The lowest BCUT2D eigenvalue weighted by molar-refractivity contribution is -0.159. The van der Waals surface area contributed by atoms with E-state index in [9.17, 15) is 19.8 Å². The summed E-state index contributed by atoms with van der Waals surface area (Å²) in [5, 5.41) is 19.4. The molecule has 0 spiro atoms. The summed E-state index contributed by atoms with van der Waals surface area (Å²) in [7, 11) is -2.23. The normalized spacial score (nSPS) is 27.0. The lowest BCUT2D eigenvalue weighted by Crippen LogP contribution is -2.73. The number of carbonyl (C=O) groups excluding carboxylic acids is 1. The van der Waals surface area contributed by atoms with E-state index in [1.807, 2.05) is 6.92 Å². The molecule has 2 aliphatic heterocycles. The predicted molar refractivity (Wildman–Crippen MR) is 102 cm³/mol. The average molecular weight is 390 g/mol. The fraction of sp³-hybridized carbons (Fsp3) is 0.750. The minimum atomic E-state index is -2.23. The smallest absolute Gasteiger partial charge is 0.354 e. The second kappa shape index (κ2) is 6.07. The van der Waals surface area contributed by atoms with Crippen LogP contribution in [0.1, 0.15) is 34.6 Å². The van der Waals surface area contributed by atoms with E-state index >= 15 is 0 Å². The summed E-state index contributed by atoms with van der Waals surface area (Å²) in [5.41, 5.74) is 0.0872. The Hall–Kier alpha value is -0.443. The summed E-state index contributed by atoms with van der Waals surface area (Å²) in [5.74, 6) is -1.13. The zero-order valence-electron chi connectivity index (χ0n) is 15.3. The molecule has 8 heteroatoms. The van der Waals surface area contributed by atoms with Gasteiger partial charge in [-0.3, -0.25) is 9.69 Å². The molecular weight excluding hydrogens is 362 g/mol. The van der Waals surface area contributed by atoms with E-state index in [4.69, 9.17) is 0 Å². The van der Waals surface area contributed by atoms with Crippen molar-refractivity contribution in [3.05, 3.63) is 9.93 Å². The van der Waals surface area contributed by atoms with Gasteiger partial charge in [-0.15, -0.1) is 11.8 Å². The van der Waals surface area contributed by atoms with Crippen LogP contribution in [0.5, 0.6) is 0 Å². The van der Waals surface area contributed by atoms with Crippen molar-refractivity contribution in [2.75, 3.05) is 5.75 Å². The molecule has 1 amide bonds. The van der Waals surface area contributed by atoms with Crippen molar-refractivity contribution in [3.63, 3.8) is 0 Å². The van der Waals surface area contributed by atoms with Crippen LogP contribution in [0, 0.1) is 5.92 Å². The largest absolute Gasteiger partial charge is 0.477 e. The van der Waals surface area contributed by atoms with Gasteiger partial charge < -0.3 is 10.2 Å². The van der Waals surface area contributed by atoms with Crippen molar-refractivity contribution in [1.29, 1.82) is 0 Å². The second-order valence-corrected chi connectivity index (χ2v) is 16.5. The van der Waals surface area contributed by atoms with Gasteiger partial charge in [0.2, 0.25) is 5.91 Å². The number of thioether (sulfide) groups is 2. The molecule has 2 aliphatic rings. The Morgan fingerprint density at radius 2 is 1.88 bits per heavy atom. The summed E-state index contributed by atoms with van der Waals surface area (Å²) >= 11 is 2.86. The highest BCUT2D eigenvalue weighted by molar-refractivity contribution is 8.22. The van der Waals surface area contributed by atoms with Crippen LogP contribution in [0.25, 0.3) is 0 Å². The van der Waals surface area contributed by atoms with E-state index < -0.39 is 25.2 Å². The molecule has 1 saturated heterocycles. The van der Waals surface area contributed by atoms with Gasteiger partial charge in [0, 0.05) is 0 Å². The Bertz CT molecular complexity index is 610. The number of carboxylic acids is 1. The van der Waals surface area contributed by atoms with Crippen molar-refractivity contribution < 1.29 is 19.8 Å². The lowest BCUT2D eigenvalue weighted by atomic mass is 9.91. The molecule has 0 unspecified atom stereocenters. The monoisotopic (exact) mass is 389 g/mol. The first-order valence-corrected chi connectivity index (χ1v) is 13.0. The van der Waals surface area contributed by atoms with Crippen LogP contribution in [0.3, 0.4) is 0 Å². The molecule has 24 heavy (non-hydrogen) atoms. The van der Waals surface area contributed by atoms with Crippen LogP contribution in [0.2, 0.25) is 18.1 Å².